The number of carbonyl (C=O) groups excluding carboxylic acids is 1. The molecule has 0 bridgehead atoms. The fraction of sp³-hybridized carbons (Fsp3) is 0.900. The molecule has 0 N–H and O–H groups in total. The molecule has 1 amide bonds. The maximum atomic E-state index is 11.4. The Morgan fingerprint density at radius 1 is 1.59 bits per heavy atom. The third-order valence-electron chi connectivity index (χ3n) is 3.49. The van der Waals surface area contributed by atoms with Crippen LogP contribution in [0.25, 0.3) is 0 Å². The van der Waals surface area contributed by atoms with Crippen molar-refractivity contribution in [3.8, 4) is 0 Å². The maximum Gasteiger partial charge on any atom is 0.324 e. The molecule has 1 spiro atoms. The van der Waals surface area contributed by atoms with Gasteiger partial charge in [0.15, 0.2) is 0 Å². The first-order valence-electron chi connectivity index (χ1n) is 5.78. The lowest BCUT2D eigenvalue weighted by molar-refractivity contribution is -0.156. The molecule has 17 heavy (non-hydrogen) atoms. The number of carbonyl (C=O) groups is 1. The molecule has 98 valence electrons. The van der Waals surface area contributed by atoms with Crippen LogP contribution in [-0.4, -0.2) is 36.9 Å². The van der Waals surface area contributed by atoms with Gasteiger partial charge in [-0.15, -0.1) is 0 Å². The lowest BCUT2D eigenvalue weighted by Gasteiger charge is -2.53. The minimum atomic E-state index is -3.96. The van der Waals surface area contributed by atoms with Crippen LogP contribution in [0, 0.1) is 0 Å². The second-order valence-electron chi connectivity index (χ2n) is 4.74. The Balaban J connectivity index is 2.17. The van der Waals surface area contributed by atoms with E-state index in [1.807, 2.05) is 6.92 Å². The number of halogens is 1. The van der Waals surface area contributed by atoms with Crippen molar-refractivity contribution in [1.29, 1.82) is 0 Å². The van der Waals surface area contributed by atoms with Crippen LogP contribution < -0.4 is 0 Å². The number of β-lactam (4-membered cyclic amide) rings is 1. The van der Waals surface area contributed by atoms with Gasteiger partial charge >= 0.3 is 9.24 Å². The molecule has 2 aliphatic rings. The van der Waals surface area contributed by atoms with E-state index in [-0.39, 0.29) is 12.5 Å². The number of rotatable bonds is 3. The fourth-order valence-corrected chi connectivity index (χ4v) is 4.47. The van der Waals surface area contributed by atoms with Gasteiger partial charge in [-0.05, 0) is 19.3 Å². The first-order valence-corrected chi connectivity index (χ1v) is 8.05. The number of amides is 1. The minimum absolute atomic E-state index is 0.0303. The second-order valence-corrected chi connectivity index (χ2v) is 7.10. The second kappa shape index (κ2) is 4.40. The van der Waals surface area contributed by atoms with E-state index in [2.05, 4.69) is 0 Å². The zero-order valence-electron chi connectivity index (χ0n) is 9.69. The molecule has 7 heteroatoms. The molecule has 2 aliphatic heterocycles. The summed E-state index contributed by atoms with van der Waals surface area (Å²) in [5.41, 5.74) is -0.615. The van der Waals surface area contributed by atoms with Crippen molar-refractivity contribution in [2.24, 2.45) is 0 Å². The molecule has 0 aliphatic carbocycles. The molecule has 2 atom stereocenters. The van der Waals surface area contributed by atoms with E-state index in [0.717, 1.165) is 17.1 Å². The Morgan fingerprint density at radius 2 is 2.29 bits per heavy atom. The first-order chi connectivity index (χ1) is 7.89. The monoisotopic (exact) mass is 281 g/mol. The van der Waals surface area contributed by atoms with Crippen molar-refractivity contribution in [2.45, 2.75) is 50.7 Å². The molecule has 2 fully saturated rings. The van der Waals surface area contributed by atoms with Crippen LogP contribution in [0.4, 0.5) is 0 Å². The molecule has 2 saturated heterocycles. The Labute approximate surface area is 106 Å². The van der Waals surface area contributed by atoms with Crippen molar-refractivity contribution < 1.29 is 17.9 Å². The van der Waals surface area contributed by atoms with Gasteiger partial charge in [-0.1, -0.05) is 13.3 Å². The van der Waals surface area contributed by atoms with E-state index in [1.54, 1.807) is 0 Å². The Kier molecular flexibility index (Phi) is 3.40. The van der Waals surface area contributed by atoms with Crippen LogP contribution >= 0.6 is 10.7 Å². The summed E-state index contributed by atoms with van der Waals surface area (Å²) in [7, 11) is 1.35. The summed E-state index contributed by atoms with van der Waals surface area (Å²) in [4.78, 5) is 11.4. The predicted molar refractivity (Wildman–Crippen MR) is 62.8 cm³/mol. The summed E-state index contributed by atoms with van der Waals surface area (Å²) in [6, 6.07) is 0. The molecule has 0 saturated carbocycles. The van der Waals surface area contributed by atoms with E-state index in [1.165, 1.54) is 0 Å². The highest BCUT2D eigenvalue weighted by Crippen LogP contribution is 2.45. The topological polar surface area (TPSA) is 63.7 Å². The SMILES string of the molecule is CCCC1CC2(CCO1)CC(=O)N2S(=O)(=O)Cl. The van der Waals surface area contributed by atoms with E-state index in [4.69, 9.17) is 15.4 Å². The van der Waals surface area contributed by atoms with E-state index in [9.17, 15) is 13.2 Å². The predicted octanol–water partition coefficient (Wildman–Crippen LogP) is 1.42. The van der Waals surface area contributed by atoms with Crippen LogP contribution in [-0.2, 0) is 18.8 Å². The third-order valence-corrected chi connectivity index (χ3v) is 4.94. The average Bonchev–Trinajstić information content (AvgIpc) is 2.14. The van der Waals surface area contributed by atoms with Crippen molar-refractivity contribution in [2.75, 3.05) is 6.61 Å². The summed E-state index contributed by atoms with van der Waals surface area (Å²) in [5.74, 6) is -0.405. The summed E-state index contributed by atoms with van der Waals surface area (Å²) in [6.45, 7) is 2.54. The molecule has 2 unspecified atom stereocenters. The van der Waals surface area contributed by atoms with Gasteiger partial charge in [0.25, 0.3) is 0 Å². The fourth-order valence-electron chi connectivity index (χ4n) is 2.80. The standard InChI is InChI=1S/C10H16ClNO4S/c1-2-3-8-6-10(4-5-16-8)7-9(13)12(10)17(11,14)15/h8H,2-7H2,1H3. The van der Waals surface area contributed by atoms with Gasteiger partial charge in [0, 0.05) is 17.3 Å². The number of nitrogens with zero attached hydrogens (tertiary/aromatic N) is 1. The van der Waals surface area contributed by atoms with E-state index < -0.39 is 20.7 Å². The first kappa shape index (κ1) is 13.1. The van der Waals surface area contributed by atoms with Gasteiger partial charge in [-0.25, -0.2) is 4.31 Å². The Morgan fingerprint density at radius 3 is 2.82 bits per heavy atom. The van der Waals surface area contributed by atoms with Gasteiger partial charge in [0.2, 0.25) is 5.91 Å². The van der Waals surface area contributed by atoms with Crippen LogP contribution in [0.3, 0.4) is 0 Å². The van der Waals surface area contributed by atoms with Crippen molar-refractivity contribution in [3.05, 3.63) is 0 Å². The molecular weight excluding hydrogens is 266 g/mol. The molecule has 0 aromatic heterocycles. The third kappa shape index (κ3) is 2.30. The summed E-state index contributed by atoms with van der Waals surface area (Å²) < 4.78 is 29.2. The van der Waals surface area contributed by atoms with Crippen LogP contribution in [0.15, 0.2) is 0 Å². The number of ether oxygens (including phenoxy) is 1. The molecular formula is C10H16ClNO4S. The zero-order chi connectivity index (χ0) is 12.7. The summed E-state index contributed by atoms with van der Waals surface area (Å²) in [6.07, 6.45) is 3.27. The summed E-state index contributed by atoms with van der Waals surface area (Å²) in [5, 5.41) is 0. The van der Waals surface area contributed by atoms with Gasteiger partial charge in [-0.2, -0.15) is 8.42 Å². The van der Waals surface area contributed by atoms with E-state index >= 15 is 0 Å². The highest BCUT2D eigenvalue weighted by molar-refractivity contribution is 8.12. The van der Waals surface area contributed by atoms with Crippen LogP contribution in [0.5, 0.6) is 0 Å². The van der Waals surface area contributed by atoms with Crippen molar-refractivity contribution in [1.82, 2.24) is 4.31 Å². The summed E-state index contributed by atoms with van der Waals surface area (Å²) >= 11 is 0. The highest BCUT2D eigenvalue weighted by Gasteiger charge is 2.58. The van der Waals surface area contributed by atoms with E-state index in [0.29, 0.717) is 19.4 Å². The average molecular weight is 282 g/mol. The molecule has 0 aromatic rings. The Bertz CT molecular complexity index is 422. The molecule has 0 radical (unpaired) electrons. The van der Waals surface area contributed by atoms with Gasteiger partial charge < -0.3 is 4.74 Å². The normalized spacial score (nSPS) is 33.9. The maximum absolute atomic E-state index is 11.4. The number of hydrogen-bond acceptors (Lipinski definition) is 4. The lowest BCUT2D eigenvalue weighted by Crippen LogP contribution is -2.67. The Hall–Kier alpha value is -0.330. The molecule has 2 rings (SSSR count). The largest absolute Gasteiger partial charge is 0.378 e. The van der Waals surface area contributed by atoms with Gasteiger partial charge in [-0.3, -0.25) is 4.79 Å². The van der Waals surface area contributed by atoms with Crippen molar-refractivity contribution >= 4 is 25.8 Å². The van der Waals surface area contributed by atoms with Crippen LogP contribution in [0.1, 0.15) is 39.0 Å². The zero-order valence-corrected chi connectivity index (χ0v) is 11.3. The minimum Gasteiger partial charge on any atom is -0.378 e. The molecule has 5 nitrogen and oxygen atoms in total. The molecule has 0 aromatic carbocycles. The van der Waals surface area contributed by atoms with Crippen LogP contribution in [0.2, 0.25) is 0 Å². The quantitative estimate of drug-likeness (QED) is 0.580. The smallest absolute Gasteiger partial charge is 0.324 e. The molecule has 2 heterocycles. The number of hydrogen-bond donors (Lipinski definition) is 0. The highest BCUT2D eigenvalue weighted by atomic mass is 35.7. The van der Waals surface area contributed by atoms with Gasteiger partial charge in [0.1, 0.15) is 0 Å². The van der Waals surface area contributed by atoms with Gasteiger partial charge in [0.05, 0.1) is 18.1 Å². The lowest BCUT2D eigenvalue weighted by atomic mass is 9.77. The van der Waals surface area contributed by atoms with Crippen molar-refractivity contribution in [3.63, 3.8) is 0 Å².